The Morgan fingerprint density at radius 1 is 1.33 bits per heavy atom. The van der Waals surface area contributed by atoms with E-state index < -0.39 is 28.9 Å². The Morgan fingerprint density at radius 2 is 2.00 bits per heavy atom. The minimum absolute atomic E-state index is 0.00800. The molecule has 2 N–H and O–H groups in total. The third kappa shape index (κ3) is 2.53. The Morgan fingerprint density at radius 3 is 2.58 bits per heavy atom. The van der Waals surface area contributed by atoms with Gasteiger partial charge >= 0.3 is 5.97 Å². The van der Waals surface area contributed by atoms with Crippen LogP contribution in [0.1, 0.15) is 23.7 Å². The molecule has 1 unspecified atom stereocenters. The van der Waals surface area contributed by atoms with Crippen LogP contribution in [0.5, 0.6) is 0 Å². The zero-order valence-electron chi connectivity index (χ0n) is 12.8. The maximum atomic E-state index is 14.0. The molecule has 0 bridgehead atoms. The Balaban J connectivity index is 1.94. The molecular formula is C16H15F2N3O3. The molecule has 2 aromatic rings. The topological polar surface area (TPSA) is 86.3 Å². The lowest BCUT2D eigenvalue weighted by molar-refractivity contribution is -0.147. The minimum atomic E-state index is -1.02. The molecule has 1 atom stereocenters. The van der Waals surface area contributed by atoms with Gasteiger partial charge in [0.1, 0.15) is 11.6 Å². The Labute approximate surface area is 136 Å². The largest absolute Gasteiger partial charge is 0.481 e. The van der Waals surface area contributed by atoms with Crippen molar-refractivity contribution in [1.29, 1.82) is 0 Å². The summed E-state index contributed by atoms with van der Waals surface area (Å²) in [6.45, 7) is 1.85. The van der Waals surface area contributed by atoms with Gasteiger partial charge in [-0.2, -0.15) is 5.10 Å². The monoisotopic (exact) mass is 335 g/mol. The zero-order valence-corrected chi connectivity index (χ0v) is 12.8. The van der Waals surface area contributed by atoms with Crippen LogP contribution in [0.15, 0.2) is 24.4 Å². The number of nitrogens with zero attached hydrogens (tertiary/aromatic N) is 2. The molecule has 126 valence electrons. The second kappa shape index (κ2) is 5.70. The molecule has 8 heteroatoms. The van der Waals surface area contributed by atoms with E-state index in [9.17, 15) is 23.5 Å². The van der Waals surface area contributed by atoms with Crippen LogP contribution in [-0.2, 0) is 4.79 Å². The van der Waals surface area contributed by atoms with Gasteiger partial charge in [0.05, 0.1) is 28.4 Å². The number of carbonyl (C=O) groups is 2. The number of aromatic nitrogens is 2. The van der Waals surface area contributed by atoms with Crippen LogP contribution >= 0.6 is 0 Å². The summed E-state index contributed by atoms with van der Waals surface area (Å²) >= 11 is 0. The maximum absolute atomic E-state index is 14.0. The van der Waals surface area contributed by atoms with Crippen LogP contribution in [0.25, 0.3) is 11.3 Å². The lowest BCUT2D eigenvalue weighted by Crippen LogP contribution is -2.35. The predicted octanol–water partition coefficient (Wildman–Crippen LogP) is 2.29. The van der Waals surface area contributed by atoms with Crippen molar-refractivity contribution < 1.29 is 23.5 Å². The van der Waals surface area contributed by atoms with E-state index in [1.807, 2.05) is 0 Å². The third-order valence-corrected chi connectivity index (χ3v) is 4.36. The van der Waals surface area contributed by atoms with Crippen molar-refractivity contribution in [2.24, 2.45) is 5.41 Å². The number of amides is 1. The van der Waals surface area contributed by atoms with Gasteiger partial charge in [0.2, 0.25) is 0 Å². The number of halogens is 2. The highest BCUT2D eigenvalue weighted by molar-refractivity contribution is 6.00. The lowest BCUT2D eigenvalue weighted by atomic mass is 9.90. The van der Waals surface area contributed by atoms with Crippen LogP contribution < -0.4 is 0 Å². The zero-order chi connectivity index (χ0) is 17.5. The fraction of sp³-hybridized carbons (Fsp3) is 0.312. The summed E-state index contributed by atoms with van der Waals surface area (Å²) in [6.07, 6.45) is 1.51. The number of aromatic amines is 1. The summed E-state index contributed by atoms with van der Waals surface area (Å²) in [5.41, 5.74) is -1.44. The van der Waals surface area contributed by atoms with Crippen LogP contribution in [0.2, 0.25) is 0 Å². The second-order valence-corrected chi connectivity index (χ2v) is 6.10. The summed E-state index contributed by atoms with van der Waals surface area (Å²) in [5.74, 6) is -3.12. The van der Waals surface area contributed by atoms with Crippen LogP contribution in [-0.4, -0.2) is 45.2 Å². The van der Waals surface area contributed by atoms with Gasteiger partial charge in [-0.25, -0.2) is 8.78 Å². The normalized spacial score (nSPS) is 20.4. The number of nitrogens with one attached hydrogen (secondary N) is 1. The molecular weight excluding hydrogens is 320 g/mol. The minimum Gasteiger partial charge on any atom is -0.481 e. The Hall–Kier alpha value is -2.77. The molecule has 1 aliphatic heterocycles. The fourth-order valence-corrected chi connectivity index (χ4v) is 2.85. The smallest absolute Gasteiger partial charge is 0.311 e. The van der Waals surface area contributed by atoms with E-state index in [1.54, 1.807) is 6.92 Å². The molecule has 1 aromatic heterocycles. The molecule has 0 saturated carbocycles. The SMILES string of the molecule is CC1(C(=O)O)CCN(C(=O)c2cn[nH]c2-c2c(F)cccc2F)C1. The summed E-state index contributed by atoms with van der Waals surface area (Å²) < 4.78 is 27.9. The van der Waals surface area contributed by atoms with E-state index in [0.29, 0.717) is 6.42 Å². The molecule has 24 heavy (non-hydrogen) atoms. The van der Waals surface area contributed by atoms with Crippen LogP contribution in [0, 0.1) is 17.0 Å². The maximum Gasteiger partial charge on any atom is 0.311 e. The first-order chi connectivity index (χ1) is 11.3. The summed E-state index contributed by atoms with van der Waals surface area (Å²) in [6, 6.07) is 3.40. The van der Waals surface area contributed by atoms with E-state index in [4.69, 9.17) is 0 Å². The summed E-state index contributed by atoms with van der Waals surface area (Å²) in [7, 11) is 0. The average Bonchev–Trinajstić information content (AvgIpc) is 3.14. The summed E-state index contributed by atoms with van der Waals surface area (Å²) in [4.78, 5) is 25.3. The van der Waals surface area contributed by atoms with Crippen molar-refractivity contribution in [3.63, 3.8) is 0 Å². The first-order valence-corrected chi connectivity index (χ1v) is 7.34. The van der Waals surface area contributed by atoms with Crippen LogP contribution in [0.3, 0.4) is 0 Å². The van der Waals surface area contributed by atoms with Crippen molar-refractivity contribution in [3.8, 4) is 11.3 Å². The molecule has 1 aliphatic rings. The molecule has 6 nitrogen and oxygen atoms in total. The van der Waals surface area contributed by atoms with Gasteiger partial charge in [0.25, 0.3) is 5.91 Å². The Kier molecular flexibility index (Phi) is 3.82. The number of benzene rings is 1. The lowest BCUT2D eigenvalue weighted by Gasteiger charge is -2.20. The highest BCUT2D eigenvalue weighted by Gasteiger charge is 2.42. The average molecular weight is 335 g/mol. The number of carboxylic acids is 1. The van der Waals surface area contributed by atoms with E-state index in [-0.39, 0.29) is 29.9 Å². The van der Waals surface area contributed by atoms with Crippen LogP contribution in [0.4, 0.5) is 8.78 Å². The van der Waals surface area contributed by atoms with E-state index in [2.05, 4.69) is 10.2 Å². The molecule has 1 amide bonds. The van der Waals surface area contributed by atoms with Crippen molar-refractivity contribution in [1.82, 2.24) is 15.1 Å². The first-order valence-electron chi connectivity index (χ1n) is 7.34. The van der Waals surface area contributed by atoms with E-state index in [0.717, 1.165) is 12.1 Å². The summed E-state index contributed by atoms with van der Waals surface area (Å²) in [5, 5.41) is 15.4. The highest BCUT2D eigenvalue weighted by atomic mass is 19.1. The number of hydrogen-bond acceptors (Lipinski definition) is 3. The quantitative estimate of drug-likeness (QED) is 0.901. The molecule has 1 aromatic carbocycles. The third-order valence-electron chi connectivity index (χ3n) is 4.36. The number of hydrogen-bond donors (Lipinski definition) is 2. The van der Waals surface area contributed by atoms with Gasteiger partial charge < -0.3 is 10.0 Å². The molecule has 1 fully saturated rings. The van der Waals surface area contributed by atoms with Gasteiger partial charge in [-0.05, 0) is 25.5 Å². The standard InChI is InChI=1S/C16H15F2N3O3/c1-16(15(23)24)5-6-21(8-16)14(22)9-7-19-20-13(9)12-10(17)3-2-4-11(12)18/h2-4,7H,5-6,8H2,1H3,(H,19,20)(H,23,24). The fourth-order valence-electron chi connectivity index (χ4n) is 2.85. The van der Waals surface area contributed by atoms with Crippen molar-refractivity contribution in [2.75, 3.05) is 13.1 Å². The van der Waals surface area contributed by atoms with E-state index >= 15 is 0 Å². The van der Waals surface area contributed by atoms with Crippen molar-refractivity contribution >= 4 is 11.9 Å². The van der Waals surface area contributed by atoms with E-state index in [1.165, 1.54) is 17.2 Å². The molecule has 0 aliphatic carbocycles. The predicted molar refractivity (Wildman–Crippen MR) is 80.2 cm³/mol. The van der Waals surface area contributed by atoms with Gasteiger partial charge in [-0.3, -0.25) is 14.7 Å². The van der Waals surface area contributed by atoms with Gasteiger partial charge in [0, 0.05) is 13.1 Å². The molecule has 0 radical (unpaired) electrons. The number of likely N-dealkylation sites (tertiary alicyclic amines) is 1. The highest BCUT2D eigenvalue weighted by Crippen LogP contribution is 2.33. The number of carboxylic acid groups (broad SMARTS) is 1. The Bertz CT molecular complexity index is 800. The van der Waals surface area contributed by atoms with Gasteiger partial charge in [-0.1, -0.05) is 6.07 Å². The number of aliphatic carboxylic acids is 1. The second-order valence-electron chi connectivity index (χ2n) is 6.10. The molecule has 1 saturated heterocycles. The van der Waals surface area contributed by atoms with Crippen molar-refractivity contribution in [3.05, 3.63) is 41.6 Å². The number of H-pyrrole nitrogens is 1. The van der Waals surface area contributed by atoms with Crippen molar-refractivity contribution in [2.45, 2.75) is 13.3 Å². The number of rotatable bonds is 3. The first kappa shape index (κ1) is 16.1. The van der Waals surface area contributed by atoms with Gasteiger partial charge in [-0.15, -0.1) is 0 Å². The molecule has 0 spiro atoms. The van der Waals surface area contributed by atoms with Gasteiger partial charge in [0.15, 0.2) is 0 Å². The molecule has 3 rings (SSSR count). The number of carbonyl (C=O) groups excluding carboxylic acids is 1. The molecule has 2 heterocycles.